The van der Waals surface area contributed by atoms with Gasteiger partial charge in [-0.1, -0.05) is 47.1 Å². The van der Waals surface area contributed by atoms with Crippen molar-refractivity contribution in [2.45, 2.75) is 26.5 Å². The number of hydrogen-bond acceptors (Lipinski definition) is 7. The van der Waals surface area contributed by atoms with Crippen LogP contribution in [0.2, 0.25) is 0 Å². The number of benzene rings is 3. The van der Waals surface area contributed by atoms with Crippen LogP contribution < -0.4 is 20.1 Å². The fourth-order valence-electron chi connectivity index (χ4n) is 3.56. The van der Waals surface area contributed by atoms with Crippen LogP contribution in [0.25, 0.3) is 0 Å². The zero-order valence-corrected chi connectivity index (χ0v) is 22.3. The van der Waals surface area contributed by atoms with Crippen molar-refractivity contribution >= 4 is 34.7 Å². The summed E-state index contributed by atoms with van der Waals surface area (Å²) in [4.78, 5) is 25.5. The first-order valence-corrected chi connectivity index (χ1v) is 13.0. The maximum atomic E-state index is 12.8. The molecule has 0 saturated heterocycles. The molecule has 2 atom stereocenters. The van der Waals surface area contributed by atoms with E-state index in [2.05, 4.69) is 10.5 Å². The zero-order valence-electron chi connectivity index (χ0n) is 21.4. The lowest BCUT2D eigenvalue weighted by Gasteiger charge is -2.28. The Bertz CT molecular complexity index is 1310. The molecule has 0 fully saturated rings. The Balaban J connectivity index is 1.64. The topological polar surface area (TPSA) is 164 Å². The number of rotatable bonds is 12. The monoisotopic (exact) mass is 554 g/mol. The van der Waals surface area contributed by atoms with Gasteiger partial charge < -0.3 is 25.7 Å². The number of hydrogen-bond donors (Lipinski definition) is 4. The van der Waals surface area contributed by atoms with Crippen molar-refractivity contribution in [1.82, 2.24) is 5.32 Å². The van der Waals surface area contributed by atoms with Gasteiger partial charge in [0.1, 0.15) is 12.4 Å². The lowest BCUT2D eigenvalue weighted by atomic mass is 10.1. The Hall–Kier alpha value is -4.42. The van der Waals surface area contributed by atoms with Crippen molar-refractivity contribution in [2.24, 2.45) is 10.9 Å². The minimum atomic E-state index is -2.56. The van der Waals surface area contributed by atoms with Crippen molar-refractivity contribution in [3.05, 3.63) is 95.1 Å². The van der Waals surface area contributed by atoms with E-state index < -0.39 is 29.2 Å². The molecule has 206 valence electrons. The van der Waals surface area contributed by atoms with Gasteiger partial charge in [0.15, 0.2) is 11.9 Å². The number of carbonyl (C=O) groups is 2. The van der Waals surface area contributed by atoms with Crippen LogP contribution in [-0.2, 0) is 27.4 Å². The van der Waals surface area contributed by atoms with Gasteiger partial charge in [-0.25, -0.2) is 9.00 Å². The molecule has 0 bridgehead atoms. The lowest BCUT2D eigenvalue weighted by molar-refractivity contribution is -0.144. The molecule has 0 aliphatic heterocycles. The van der Waals surface area contributed by atoms with Crippen LogP contribution in [0, 0.1) is 6.92 Å². The second-order valence-corrected chi connectivity index (χ2v) is 9.22. The van der Waals surface area contributed by atoms with Gasteiger partial charge in [0.25, 0.3) is 17.2 Å². The third-order valence-electron chi connectivity index (χ3n) is 5.63. The third-order valence-corrected chi connectivity index (χ3v) is 6.44. The van der Waals surface area contributed by atoms with Gasteiger partial charge in [0.2, 0.25) is 0 Å². The molecule has 0 saturated carbocycles. The Morgan fingerprint density at radius 1 is 1.03 bits per heavy atom. The van der Waals surface area contributed by atoms with Crippen LogP contribution in [0.3, 0.4) is 0 Å². The quantitative estimate of drug-likeness (QED) is 0.0663. The highest BCUT2D eigenvalue weighted by molar-refractivity contribution is 7.80. The standard InChI is InChI=1S/C27H30N4O7S/c1-3-37-27(33)24(31(39(35)36)22-12-4-18(2)5-13-22)16-29-26(32)21-10-14-23(15-11-21)38-17-19-6-8-20(9-7-19)25(28)30-34/h4-15,24,34H,3,16-17H2,1-2H3,(H2,28,30)(H,29,32)(H,35,36). The van der Waals surface area contributed by atoms with Crippen molar-refractivity contribution in [2.75, 3.05) is 17.5 Å². The Labute approximate surface area is 228 Å². The number of nitrogens with two attached hydrogens (primary N) is 1. The van der Waals surface area contributed by atoms with Gasteiger partial charge in [-0.05, 0) is 55.8 Å². The highest BCUT2D eigenvalue weighted by Crippen LogP contribution is 2.21. The summed E-state index contributed by atoms with van der Waals surface area (Å²) in [6.07, 6.45) is 0. The average Bonchev–Trinajstić information content (AvgIpc) is 2.94. The van der Waals surface area contributed by atoms with Crippen LogP contribution in [0.5, 0.6) is 5.75 Å². The molecule has 2 unspecified atom stereocenters. The first-order valence-electron chi connectivity index (χ1n) is 11.9. The normalized spacial score (nSPS) is 12.7. The summed E-state index contributed by atoms with van der Waals surface area (Å²) in [5, 5.41) is 14.3. The largest absolute Gasteiger partial charge is 0.489 e. The van der Waals surface area contributed by atoms with Crippen LogP contribution in [0.15, 0.2) is 78.0 Å². The molecule has 0 aliphatic rings. The van der Waals surface area contributed by atoms with Crippen molar-refractivity contribution in [3.8, 4) is 5.75 Å². The van der Waals surface area contributed by atoms with E-state index in [1.807, 2.05) is 6.92 Å². The number of anilines is 1. The maximum Gasteiger partial charge on any atom is 0.331 e. The van der Waals surface area contributed by atoms with E-state index in [0.29, 0.717) is 22.6 Å². The van der Waals surface area contributed by atoms with Crippen LogP contribution >= 0.6 is 0 Å². The number of carbonyl (C=O) groups excluding carboxylic acids is 2. The molecule has 5 N–H and O–H groups in total. The minimum absolute atomic E-state index is 0.0115. The Morgan fingerprint density at radius 3 is 2.21 bits per heavy atom. The van der Waals surface area contributed by atoms with Gasteiger partial charge in [-0.3, -0.25) is 13.7 Å². The van der Waals surface area contributed by atoms with E-state index in [4.69, 9.17) is 20.4 Å². The van der Waals surface area contributed by atoms with E-state index in [1.54, 1.807) is 79.7 Å². The first kappa shape index (κ1) is 29.1. The fourth-order valence-corrected chi connectivity index (χ4v) is 4.24. The smallest absolute Gasteiger partial charge is 0.331 e. The molecule has 0 heterocycles. The fraction of sp³-hybridized carbons (Fsp3) is 0.222. The van der Waals surface area contributed by atoms with Gasteiger partial charge in [-0.2, -0.15) is 0 Å². The third kappa shape index (κ3) is 8.03. The first-order chi connectivity index (χ1) is 18.7. The summed E-state index contributed by atoms with van der Waals surface area (Å²) in [6, 6.07) is 18.8. The Kier molecular flexibility index (Phi) is 10.4. The molecular formula is C27H30N4O7S. The summed E-state index contributed by atoms with van der Waals surface area (Å²) < 4.78 is 34.0. The maximum absolute atomic E-state index is 12.8. The predicted octanol–water partition coefficient (Wildman–Crippen LogP) is 2.97. The van der Waals surface area contributed by atoms with Gasteiger partial charge in [-0.15, -0.1) is 0 Å². The number of amidine groups is 1. The Morgan fingerprint density at radius 2 is 1.64 bits per heavy atom. The molecule has 3 rings (SSSR count). The summed E-state index contributed by atoms with van der Waals surface area (Å²) in [6.45, 7) is 3.56. The van der Waals surface area contributed by atoms with E-state index in [0.717, 1.165) is 15.4 Å². The molecular weight excluding hydrogens is 524 g/mol. The molecule has 1 amide bonds. The summed E-state index contributed by atoms with van der Waals surface area (Å²) in [5.74, 6) is -0.693. The van der Waals surface area contributed by atoms with Gasteiger partial charge >= 0.3 is 5.97 Å². The summed E-state index contributed by atoms with van der Waals surface area (Å²) in [5.41, 5.74) is 8.57. The predicted molar refractivity (Wildman–Crippen MR) is 147 cm³/mol. The number of oxime groups is 1. The average molecular weight is 555 g/mol. The highest BCUT2D eigenvalue weighted by atomic mass is 32.2. The number of ether oxygens (including phenoxy) is 2. The number of nitrogens with zero attached hydrogens (tertiary/aromatic N) is 2. The molecule has 12 heteroatoms. The van der Waals surface area contributed by atoms with Crippen LogP contribution in [-0.4, -0.2) is 50.9 Å². The summed E-state index contributed by atoms with van der Waals surface area (Å²) >= 11 is -2.56. The molecule has 39 heavy (non-hydrogen) atoms. The number of amides is 1. The molecule has 0 spiro atoms. The van der Waals surface area contributed by atoms with E-state index >= 15 is 0 Å². The molecule has 0 radical (unpaired) electrons. The van der Waals surface area contributed by atoms with Gasteiger partial charge in [0, 0.05) is 11.1 Å². The van der Waals surface area contributed by atoms with Crippen molar-refractivity contribution in [1.29, 1.82) is 0 Å². The van der Waals surface area contributed by atoms with E-state index in [9.17, 15) is 18.4 Å². The van der Waals surface area contributed by atoms with E-state index in [-0.39, 0.29) is 25.6 Å². The molecule has 11 nitrogen and oxygen atoms in total. The molecule has 0 aromatic heterocycles. The second kappa shape index (κ2) is 13.9. The number of esters is 1. The number of nitrogens with one attached hydrogen (secondary N) is 1. The van der Waals surface area contributed by atoms with Crippen molar-refractivity contribution < 1.29 is 33.0 Å². The molecule has 3 aromatic rings. The zero-order chi connectivity index (χ0) is 28.4. The molecule has 0 aliphatic carbocycles. The van der Waals surface area contributed by atoms with Crippen LogP contribution in [0.1, 0.15) is 34.0 Å². The molecule has 3 aromatic carbocycles. The van der Waals surface area contributed by atoms with Crippen LogP contribution in [0.4, 0.5) is 5.69 Å². The lowest BCUT2D eigenvalue weighted by Crippen LogP contribution is -2.50. The van der Waals surface area contributed by atoms with E-state index in [1.165, 1.54) is 0 Å². The summed E-state index contributed by atoms with van der Waals surface area (Å²) in [7, 11) is 0. The SMILES string of the molecule is CCOC(=O)C(CNC(=O)c1ccc(OCc2ccc(C(N)=NO)cc2)cc1)N(c1ccc(C)cc1)S(=O)O. The minimum Gasteiger partial charge on any atom is -0.489 e. The highest BCUT2D eigenvalue weighted by Gasteiger charge is 2.32. The van der Waals surface area contributed by atoms with Gasteiger partial charge in [0.05, 0.1) is 18.8 Å². The number of aryl methyl sites for hydroxylation is 1. The second-order valence-electron chi connectivity index (χ2n) is 8.37. The van der Waals surface area contributed by atoms with Crippen molar-refractivity contribution in [3.63, 3.8) is 0 Å².